The minimum Gasteiger partial charge on any atom is -0.507 e. The first kappa shape index (κ1) is 23.3. The number of carbonyl (C=O) groups excluding carboxylic acids is 2. The largest absolute Gasteiger partial charge is 0.507 e. The smallest absolute Gasteiger partial charge is 0.295 e. The summed E-state index contributed by atoms with van der Waals surface area (Å²) in [5, 5.41) is 11.2. The molecule has 2 aromatic carbocycles. The lowest BCUT2D eigenvalue weighted by Crippen LogP contribution is -2.31. The molecule has 1 amide bonds. The van der Waals surface area contributed by atoms with Gasteiger partial charge in [-0.2, -0.15) is 0 Å². The Bertz CT molecular complexity index is 999. The predicted molar refractivity (Wildman–Crippen MR) is 121 cm³/mol. The summed E-state index contributed by atoms with van der Waals surface area (Å²) in [4.78, 5) is 27.5. The number of aliphatic hydroxyl groups is 1. The fourth-order valence-electron chi connectivity index (χ4n) is 3.82. The predicted octanol–water partition coefficient (Wildman–Crippen LogP) is 3.94. The lowest BCUT2D eigenvalue weighted by molar-refractivity contribution is -0.140. The van der Waals surface area contributed by atoms with Crippen molar-refractivity contribution in [2.45, 2.75) is 25.8 Å². The third-order valence-corrected chi connectivity index (χ3v) is 5.30. The van der Waals surface area contributed by atoms with Crippen molar-refractivity contribution in [2.75, 3.05) is 34.0 Å². The summed E-state index contributed by atoms with van der Waals surface area (Å²) in [7, 11) is 3.07. The Balaban J connectivity index is 2.13. The summed E-state index contributed by atoms with van der Waals surface area (Å²) in [6.45, 7) is 3.33. The van der Waals surface area contributed by atoms with Gasteiger partial charge in [-0.15, -0.1) is 0 Å². The van der Waals surface area contributed by atoms with E-state index in [-0.39, 0.29) is 11.3 Å². The number of Topliss-reactive ketones (excluding diaryl/α,β-unsaturated/α-hetero) is 1. The number of ketones is 1. The maximum absolute atomic E-state index is 13.1. The number of carbonyl (C=O) groups is 2. The van der Waals surface area contributed by atoms with Gasteiger partial charge in [0.05, 0.1) is 30.9 Å². The van der Waals surface area contributed by atoms with Gasteiger partial charge in [-0.3, -0.25) is 9.59 Å². The average Bonchev–Trinajstić information content (AvgIpc) is 3.07. The Morgan fingerprint density at radius 3 is 2.56 bits per heavy atom. The van der Waals surface area contributed by atoms with Gasteiger partial charge in [-0.05, 0) is 42.7 Å². The quantitative estimate of drug-likeness (QED) is 0.261. The molecule has 1 aliphatic rings. The Hall–Kier alpha value is -3.32. The van der Waals surface area contributed by atoms with E-state index in [0.29, 0.717) is 48.8 Å². The summed E-state index contributed by atoms with van der Waals surface area (Å²) >= 11 is 0. The van der Waals surface area contributed by atoms with E-state index in [9.17, 15) is 14.7 Å². The number of hydrogen-bond acceptors (Lipinski definition) is 6. The maximum Gasteiger partial charge on any atom is 0.295 e. The van der Waals surface area contributed by atoms with E-state index in [4.69, 9.17) is 14.2 Å². The van der Waals surface area contributed by atoms with Crippen molar-refractivity contribution in [1.82, 2.24) is 4.90 Å². The van der Waals surface area contributed by atoms with Gasteiger partial charge in [0.1, 0.15) is 17.3 Å². The second-order valence-corrected chi connectivity index (χ2v) is 7.46. The van der Waals surface area contributed by atoms with Gasteiger partial charge in [0, 0.05) is 20.3 Å². The highest BCUT2D eigenvalue weighted by molar-refractivity contribution is 6.46. The highest BCUT2D eigenvalue weighted by atomic mass is 16.5. The van der Waals surface area contributed by atoms with Gasteiger partial charge < -0.3 is 24.2 Å². The first-order valence-electron chi connectivity index (χ1n) is 10.7. The van der Waals surface area contributed by atoms with E-state index < -0.39 is 17.7 Å². The first-order chi connectivity index (χ1) is 15.5. The van der Waals surface area contributed by atoms with Crippen molar-refractivity contribution in [3.05, 3.63) is 65.2 Å². The molecular weight excluding hydrogens is 410 g/mol. The fraction of sp³-hybridized carbons (Fsp3) is 0.360. The highest BCUT2D eigenvalue weighted by Gasteiger charge is 2.46. The number of aliphatic hydroxyl groups excluding tert-OH is 1. The van der Waals surface area contributed by atoms with Crippen LogP contribution in [0.5, 0.6) is 11.5 Å². The number of amides is 1. The summed E-state index contributed by atoms with van der Waals surface area (Å²) in [6, 6.07) is 13.4. The molecule has 7 heteroatoms. The number of para-hydroxylation sites is 1. The maximum atomic E-state index is 13.1. The summed E-state index contributed by atoms with van der Waals surface area (Å²) in [6.07, 6.45) is 1.41. The zero-order chi connectivity index (χ0) is 23.1. The molecule has 1 atom stereocenters. The van der Waals surface area contributed by atoms with Crippen LogP contribution in [0.2, 0.25) is 0 Å². The van der Waals surface area contributed by atoms with Crippen LogP contribution in [0.4, 0.5) is 0 Å². The minimum atomic E-state index is -0.748. The molecule has 0 aliphatic carbocycles. The Labute approximate surface area is 188 Å². The van der Waals surface area contributed by atoms with Crippen molar-refractivity contribution in [3.63, 3.8) is 0 Å². The molecule has 170 valence electrons. The van der Waals surface area contributed by atoms with Crippen LogP contribution >= 0.6 is 0 Å². The summed E-state index contributed by atoms with van der Waals surface area (Å²) in [5.74, 6) is -0.587. The van der Waals surface area contributed by atoms with E-state index in [0.717, 1.165) is 6.42 Å². The van der Waals surface area contributed by atoms with E-state index in [2.05, 4.69) is 0 Å². The Morgan fingerprint density at radius 2 is 1.84 bits per heavy atom. The lowest BCUT2D eigenvalue weighted by Gasteiger charge is -2.25. The molecule has 1 unspecified atom stereocenters. The molecule has 1 fully saturated rings. The third kappa shape index (κ3) is 4.78. The molecule has 1 saturated heterocycles. The highest BCUT2D eigenvalue weighted by Crippen LogP contribution is 2.41. The molecule has 3 rings (SSSR count). The summed E-state index contributed by atoms with van der Waals surface area (Å²) < 4.78 is 16.2. The normalized spacial score (nSPS) is 17.6. The molecule has 0 saturated carbocycles. The summed E-state index contributed by atoms with van der Waals surface area (Å²) in [5.41, 5.74) is 1.07. The van der Waals surface area contributed by atoms with Crippen molar-refractivity contribution in [3.8, 4) is 11.5 Å². The lowest BCUT2D eigenvalue weighted by atomic mass is 9.95. The number of ether oxygens (including phenoxy) is 3. The second kappa shape index (κ2) is 10.8. The van der Waals surface area contributed by atoms with Crippen molar-refractivity contribution < 1.29 is 28.9 Å². The molecule has 0 bridgehead atoms. The van der Waals surface area contributed by atoms with Crippen LogP contribution in [0.1, 0.15) is 36.9 Å². The van der Waals surface area contributed by atoms with Crippen LogP contribution in [0.25, 0.3) is 5.76 Å². The molecule has 0 spiro atoms. The van der Waals surface area contributed by atoms with E-state index >= 15 is 0 Å². The molecule has 7 nitrogen and oxygen atoms in total. The van der Waals surface area contributed by atoms with Gasteiger partial charge in [0.15, 0.2) is 0 Å². The van der Waals surface area contributed by atoms with Crippen LogP contribution in [0.15, 0.2) is 54.1 Å². The molecule has 1 heterocycles. The zero-order valence-electron chi connectivity index (χ0n) is 18.7. The van der Waals surface area contributed by atoms with Crippen molar-refractivity contribution in [2.24, 2.45) is 0 Å². The number of benzene rings is 2. The zero-order valence-corrected chi connectivity index (χ0v) is 18.7. The van der Waals surface area contributed by atoms with Crippen LogP contribution in [0.3, 0.4) is 0 Å². The Morgan fingerprint density at radius 1 is 1.06 bits per heavy atom. The number of hydrogen-bond donors (Lipinski definition) is 1. The van der Waals surface area contributed by atoms with Crippen LogP contribution < -0.4 is 9.47 Å². The average molecular weight is 440 g/mol. The van der Waals surface area contributed by atoms with Crippen LogP contribution in [-0.2, 0) is 14.3 Å². The van der Waals surface area contributed by atoms with Gasteiger partial charge >= 0.3 is 0 Å². The molecule has 1 aliphatic heterocycles. The molecule has 0 radical (unpaired) electrons. The van der Waals surface area contributed by atoms with Crippen LogP contribution in [-0.4, -0.2) is 55.7 Å². The molecule has 0 aromatic heterocycles. The minimum absolute atomic E-state index is 0.0320. The molecule has 2 aromatic rings. The monoisotopic (exact) mass is 439 g/mol. The van der Waals surface area contributed by atoms with Crippen LogP contribution in [0, 0.1) is 0 Å². The standard InChI is InChI=1S/C25H29NO6/c1-4-14-32-18-10-7-9-17(16-18)22-21(23(27)19-11-5-6-12-20(19)31-3)24(28)25(29)26(22)13-8-15-30-2/h5-7,9-12,16,22,27H,4,8,13-15H2,1-3H3/b23-21-. The van der Waals surface area contributed by atoms with E-state index in [1.807, 2.05) is 31.2 Å². The molecular formula is C25H29NO6. The van der Waals surface area contributed by atoms with Crippen molar-refractivity contribution in [1.29, 1.82) is 0 Å². The number of rotatable bonds is 10. The topological polar surface area (TPSA) is 85.3 Å². The molecule has 1 N–H and O–H groups in total. The van der Waals surface area contributed by atoms with Gasteiger partial charge in [-0.1, -0.05) is 31.2 Å². The van der Waals surface area contributed by atoms with E-state index in [1.165, 1.54) is 12.0 Å². The Kier molecular flexibility index (Phi) is 7.89. The first-order valence-corrected chi connectivity index (χ1v) is 10.7. The van der Waals surface area contributed by atoms with Gasteiger partial charge in [-0.25, -0.2) is 0 Å². The number of likely N-dealkylation sites (tertiary alicyclic amines) is 1. The SMILES string of the molecule is CCCOc1cccc(C2/C(=C(/O)c3ccccc3OC)C(=O)C(=O)N2CCCOC)c1. The second-order valence-electron chi connectivity index (χ2n) is 7.46. The number of nitrogens with zero attached hydrogens (tertiary/aromatic N) is 1. The van der Waals surface area contributed by atoms with Gasteiger partial charge in [0.25, 0.3) is 11.7 Å². The molecule has 32 heavy (non-hydrogen) atoms. The van der Waals surface area contributed by atoms with Crippen molar-refractivity contribution >= 4 is 17.4 Å². The fourth-order valence-corrected chi connectivity index (χ4v) is 3.82. The number of methoxy groups -OCH3 is 2. The third-order valence-electron chi connectivity index (χ3n) is 5.30. The van der Waals surface area contributed by atoms with E-state index in [1.54, 1.807) is 31.4 Å². The van der Waals surface area contributed by atoms with Gasteiger partial charge in [0.2, 0.25) is 0 Å².